The minimum absolute atomic E-state index is 0.0626. The Morgan fingerprint density at radius 1 is 1.46 bits per heavy atom. The number of aromatic nitrogens is 3. The van der Waals surface area contributed by atoms with Crippen molar-refractivity contribution >= 4 is 29.6 Å². The molecular weight excluding hydrogens is 340 g/mol. The number of hydrazone groups is 1. The molecule has 0 aliphatic heterocycles. The number of benzene rings is 1. The number of amides is 1. The highest BCUT2D eigenvalue weighted by Gasteiger charge is 2.07. The zero-order valence-electron chi connectivity index (χ0n) is 11.9. The maximum atomic E-state index is 11.6. The lowest BCUT2D eigenvalue weighted by Gasteiger charge is -1.99. The normalized spacial score (nSPS) is 10.7. The molecule has 11 nitrogen and oxygen atoms in total. The predicted octanol–water partition coefficient (Wildman–Crippen LogP) is -0.391. The van der Waals surface area contributed by atoms with E-state index in [1.54, 1.807) is 6.07 Å². The maximum Gasteiger partial charge on any atom is 0.342 e. The minimum atomic E-state index is -0.740. The number of nitrogens with zero attached hydrogens (tertiary/aromatic N) is 3. The molecule has 0 atom stereocenters. The Balaban J connectivity index is 1.89. The van der Waals surface area contributed by atoms with Gasteiger partial charge in [0.1, 0.15) is 0 Å². The van der Waals surface area contributed by atoms with E-state index in [1.807, 2.05) is 10.1 Å². The Morgan fingerprint density at radius 3 is 2.96 bits per heavy atom. The number of nitro groups is 1. The van der Waals surface area contributed by atoms with Crippen LogP contribution in [-0.4, -0.2) is 38.0 Å². The Hall–Kier alpha value is -3.28. The van der Waals surface area contributed by atoms with Crippen LogP contribution in [0.3, 0.4) is 0 Å². The summed E-state index contributed by atoms with van der Waals surface area (Å²) in [6.45, 7) is 0. The largest absolute Gasteiger partial charge is 0.342 e. The molecule has 12 heteroatoms. The van der Waals surface area contributed by atoms with Crippen molar-refractivity contribution in [3.63, 3.8) is 0 Å². The van der Waals surface area contributed by atoms with Crippen LogP contribution in [0.5, 0.6) is 0 Å². The van der Waals surface area contributed by atoms with Crippen LogP contribution in [0, 0.1) is 10.1 Å². The number of H-pyrrole nitrogens is 2. The molecule has 1 aromatic carbocycles. The standard InChI is InChI=1S/C12H10N6O5S/c19-9(6-24-11-10(20)14-12(21)17-16-11)15-13-5-7-2-1-3-8(4-7)18(22)23/h1-5H,6H2,(H,15,19)(H2,14,17,20,21)/b13-5+. The molecule has 3 N–H and O–H groups in total. The van der Waals surface area contributed by atoms with Gasteiger partial charge in [0, 0.05) is 17.7 Å². The van der Waals surface area contributed by atoms with Gasteiger partial charge in [-0.05, 0) is 0 Å². The summed E-state index contributed by atoms with van der Waals surface area (Å²) in [6.07, 6.45) is 1.25. The van der Waals surface area contributed by atoms with Crippen LogP contribution in [0.25, 0.3) is 0 Å². The molecule has 2 rings (SSSR count). The van der Waals surface area contributed by atoms with Gasteiger partial charge in [0.25, 0.3) is 11.2 Å². The van der Waals surface area contributed by atoms with Crippen molar-refractivity contribution in [3.05, 3.63) is 60.8 Å². The molecule has 0 radical (unpaired) electrons. The topological polar surface area (TPSA) is 163 Å². The second-order valence-corrected chi connectivity index (χ2v) is 5.21. The number of hydrogen-bond acceptors (Lipinski definition) is 8. The summed E-state index contributed by atoms with van der Waals surface area (Å²) >= 11 is 0.816. The number of thioether (sulfide) groups is 1. The van der Waals surface area contributed by atoms with Gasteiger partial charge in [0.05, 0.1) is 16.9 Å². The number of carbonyl (C=O) groups is 1. The molecule has 0 spiro atoms. The fourth-order valence-corrected chi connectivity index (χ4v) is 2.12. The van der Waals surface area contributed by atoms with Crippen LogP contribution >= 0.6 is 11.8 Å². The van der Waals surface area contributed by atoms with Crippen LogP contribution in [-0.2, 0) is 4.79 Å². The van der Waals surface area contributed by atoms with Crippen molar-refractivity contribution in [1.82, 2.24) is 20.6 Å². The van der Waals surface area contributed by atoms with Gasteiger partial charge in [-0.2, -0.15) is 10.2 Å². The number of rotatable bonds is 6. The fourth-order valence-electron chi connectivity index (χ4n) is 1.50. The highest BCUT2D eigenvalue weighted by atomic mass is 32.2. The zero-order valence-corrected chi connectivity index (χ0v) is 12.7. The maximum absolute atomic E-state index is 11.6. The van der Waals surface area contributed by atoms with E-state index in [2.05, 4.69) is 15.6 Å². The molecule has 0 aliphatic carbocycles. The number of non-ortho nitro benzene ring substituents is 1. The lowest BCUT2D eigenvalue weighted by Crippen LogP contribution is -2.26. The lowest BCUT2D eigenvalue weighted by atomic mass is 10.2. The summed E-state index contributed by atoms with van der Waals surface area (Å²) in [5.74, 6) is -0.678. The number of aromatic amines is 2. The second kappa shape index (κ2) is 7.82. The van der Waals surface area contributed by atoms with Gasteiger partial charge in [0.2, 0.25) is 5.91 Å². The minimum Gasteiger partial charge on any atom is -0.272 e. The number of nitrogens with one attached hydrogen (secondary N) is 3. The molecule has 2 aromatic rings. The van der Waals surface area contributed by atoms with Crippen LogP contribution < -0.4 is 16.7 Å². The molecule has 0 saturated heterocycles. The average molecular weight is 350 g/mol. The molecule has 1 amide bonds. The Labute approximate surface area is 137 Å². The van der Waals surface area contributed by atoms with Crippen molar-refractivity contribution in [2.45, 2.75) is 5.03 Å². The molecule has 0 saturated carbocycles. The summed E-state index contributed by atoms with van der Waals surface area (Å²) in [7, 11) is 0. The van der Waals surface area contributed by atoms with Crippen molar-refractivity contribution in [1.29, 1.82) is 0 Å². The SMILES string of the molecule is O=C(CSc1n[nH]c(=O)[nH]c1=O)N/N=C/c1cccc([N+](=O)[O-])c1. The van der Waals surface area contributed by atoms with Gasteiger partial charge < -0.3 is 0 Å². The number of carbonyl (C=O) groups excluding carboxylic acids is 1. The summed E-state index contributed by atoms with van der Waals surface area (Å²) in [6, 6.07) is 5.71. The van der Waals surface area contributed by atoms with Gasteiger partial charge in [-0.25, -0.2) is 15.3 Å². The third-order valence-electron chi connectivity index (χ3n) is 2.50. The molecule has 1 aromatic heterocycles. The predicted molar refractivity (Wildman–Crippen MR) is 85.0 cm³/mol. The van der Waals surface area contributed by atoms with Gasteiger partial charge in [0.15, 0.2) is 5.03 Å². The van der Waals surface area contributed by atoms with E-state index in [4.69, 9.17) is 0 Å². The third-order valence-corrected chi connectivity index (χ3v) is 3.46. The van der Waals surface area contributed by atoms with E-state index in [9.17, 15) is 24.5 Å². The molecule has 0 aliphatic rings. The highest BCUT2D eigenvalue weighted by Crippen LogP contribution is 2.11. The van der Waals surface area contributed by atoms with Gasteiger partial charge in [-0.15, -0.1) is 0 Å². The molecule has 24 heavy (non-hydrogen) atoms. The van der Waals surface area contributed by atoms with Gasteiger partial charge in [-0.3, -0.25) is 24.7 Å². The first kappa shape index (κ1) is 17.1. The first-order valence-electron chi connectivity index (χ1n) is 6.34. The van der Waals surface area contributed by atoms with Gasteiger partial charge in [-0.1, -0.05) is 23.9 Å². The van der Waals surface area contributed by atoms with Crippen LogP contribution in [0.15, 0.2) is 44.0 Å². The van der Waals surface area contributed by atoms with E-state index < -0.39 is 22.1 Å². The van der Waals surface area contributed by atoms with Crippen molar-refractivity contribution < 1.29 is 9.72 Å². The van der Waals surface area contributed by atoms with Crippen LogP contribution in [0.1, 0.15) is 5.56 Å². The van der Waals surface area contributed by atoms with Crippen molar-refractivity contribution in [2.24, 2.45) is 5.10 Å². The van der Waals surface area contributed by atoms with E-state index in [0.717, 1.165) is 11.8 Å². The van der Waals surface area contributed by atoms with E-state index >= 15 is 0 Å². The average Bonchev–Trinajstić information content (AvgIpc) is 2.54. The lowest BCUT2D eigenvalue weighted by molar-refractivity contribution is -0.384. The third kappa shape index (κ3) is 4.88. The summed E-state index contributed by atoms with van der Waals surface area (Å²) < 4.78 is 0. The van der Waals surface area contributed by atoms with Gasteiger partial charge >= 0.3 is 5.69 Å². The van der Waals surface area contributed by atoms with Crippen molar-refractivity contribution in [3.8, 4) is 0 Å². The first-order chi connectivity index (χ1) is 11.5. The Morgan fingerprint density at radius 2 is 2.25 bits per heavy atom. The number of hydrogen-bond donors (Lipinski definition) is 3. The highest BCUT2D eigenvalue weighted by molar-refractivity contribution is 7.99. The molecule has 0 fully saturated rings. The Bertz CT molecular complexity index is 905. The van der Waals surface area contributed by atoms with E-state index in [0.29, 0.717) is 5.56 Å². The molecule has 0 unspecified atom stereocenters. The van der Waals surface area contributed by atoms with Crippen LogP contribution in [0.4, 0.5) is 5.69 Å². The quantitative estimate of drug-likeness (QED) is 0.276. The van der Waals surface area contributed by atoms with Crippen LogP contribution in [0.2, 0.25) is 0 Å². The van der Waals surface area contributed by atoms with E-state index in [-0.39, 0.29) is 16.5 Å². The molecule has 1 heterocycles. The summed E-state index contributed by atoms with van der Waals surface area (Å²) in [5.41, 5.74) is 1.12. The monoisotopic (exact) mass is 350 g/mol. The molecule has 124 valence electrons. The zero-order chi connectivity index (χ0) is 17.5. The first-order valence-corrected chi connectivity index (χ1v) is 7.32. The molecular formula is C12H10N6O5S. The fraction of sp³-hybridized carbons (Fsp3) is 0.0833. The van der Waals surface area contributed by atoms with E-state index in [1.165, 1.54) is 24.4 Å². The number of nitro benzene ring substituents is 1. The summed E-state index contributed by atoms with van der Waals surface area (Å²) in [4.78, 5) is 45.8. The Kier molecular flexibility index (Phi) is 5.57. The van der Waals surface area contributed by atoms with Crippen molar-refractivity contribution in [2.75, 3.05) is 5.75 Å². The molecule has 0 bridgehead atoms. The smallest absolute Gasteiger partial charge is 0.272 e. The summed E-state index contributed by atoms with van der Waals surface area (Å²) in [5, 5.41) is 19.8. The second-order valence-electron chi connectivity index (χ2n) is 4.25.